The van der Waals surface area contributed by atoms with Gasteiger partial charge in [-0.15, -0.1) is 0 Å². The summed E-state index contributed by atoms with van der Waals surface area (Å²) in [6, 6.07) is 19.4. The SMILES string of the molecule is COc1ccccc1Oc1c(NS(=O)(=O)c2ccc(C(C)(C)C)cc2)ncnc1OCCNS(=O)(=O)c1ccc(Br)cc1. The molecular weight excluding hydrogens is 660 g/mol. The van der Waals surface area contributed by atoms with Crippen molar-refractivity contribution in [2.24, 2.45) is 0 Å². The third-order valence-electron chi connectivity index (χ3n) is 6.07. The molecule has 2 N–H and O–H groups in total. The number of benzene rings is 3. The molecule has 11 nitrogen and oxygen atoms in total. The quantitative estimate of drug-likeness (QED) is 0.184. The number of hydrogen-bond acceptors (Lipinski definition) is 9. The van der Waals surface area contributed by atoms with Crippen LogP contribution in [0.4, 0.5) is 5.82 Å². The first-order valence-corrected chi connectivity index (χ1v) is 16.7. The Labute approximate surface area is 259 Å². The number of methoxy groups -OCH3 is 1. The summed E-state index contributed by atoms with van der Waals surface area (Å²) in [6.07, 6.45) is 1.11. The van der Waals surface area contributed by atoms with Crippen LogP contribution in [0.25, 0.3) is 0 Å². The zero-order chi connectivity index (χ0) is 31.3. The minimum Gasteiger partial charge on any atom is -0.493 e. The first-order valence-electron chi connectivity index (χ1n) is 13.0. The molecule has 0 aliphatic heterocycles. The lowest BCUT2D eigenvalue weighted by atomic mass is 9.87. The molecule has 228 valence electrons. The second kappa shape index (κ2) is 13.3. The molecule has 3 aromatic carbocycles. The van der Waals surface area contributed by atoms with Gasteiger partial charge in [0.05, 0.1) is 16.9 Å². The molecule has 0 unspecified atom stereocenters. The predicted octanol–water partition coefficient (Wildman–Crippen LogP) is 5.50. The average molecular weight is 692 g/mol. The summed E-state index contributed by atoms with van der Waals surface area (Å²) in [6.45, 7) is 5.83. The van der Waals surface area contributed by atoms with E-state index in [2.05, 4.69) is 35.3 Å². The Bertz CT molecular complexity index is 1780. The Hall–Kier alpha value is -3.72. The van der Waals surface area contributed by atoms with Gasteiger partial charge in [-0.3, -0.25) is 4.72 Å². The number of halogens is 1. The molecule has 0 bridgehead atoms. The lowest BCUT2D eigenvalue weighted by Gasteiger charge is -2.19. The monoisotopic (exact) mass is 690 g/mol. The smallest absolute Gasteiger partial charge is 0.263 e. The number of sulfonamides is 2. The van der Waals surface area contributed by atoms with Crippen LogP contribution >= 0.6 is 15.9 Å². The minimum atomic E-state index is -4.10. The van der Waals surface area contributed by atoms with E-state index in [0.29, 0.717) is 5.75 Å². The van der Waals surface area contributed by atoms with Gasteiger partial charge in [0.1, 0.15) is 12.9 Å². The molecule has 0 saturated heterocycles. The highest BCUT2D eigenvalue weighted by Crippen LogP contribution is 2.40. The van der Waals surface area contributed by atoms with Crippen molar-refractivity contribution in [2.45, 2.75) is 36.0 Å². The van der Waals surface area contributed by atoms with Crippen LogP contribution in [0.2, 0.25) is 0 Å². The maximum atomic E-state index is 13.4. The van der Waals surface area contributed by atoms with E-state index in [1.807, 2.05) is 20.8 Å². The predicted molar refractivity (Wildman–Crippen MR) is 166 cm³/mol. The van der Waals surface area contributed by atoms with Gasteiger partial charge in [0.2, 0.25) is 15.8 Å². The summed E-state index contributed by atoms with van der Waals surface area (Å²) < 4.78 is 74.8. The topological polar surface area (TPSA) is 146 Å². The van der Waals surface area contributed by atoms with E-state index in [-0.39, 0.29) is 51.6 Å². The number of nitrogens with zero attached hydrogens (tertiary/aromatic N) is 2. The van der Waals surface area contributed by atoms with Crippen LogP contribution in [0.5, 0.6) is 23.1 Å². The summed E-state index contributed by atoms with van der Waals surface area (Å²) in [7, 11) is -6.44. The van der Waals surface area contributed by atoms with Crippen LogP contribution in [0.15, 0.2) is 93.4 Å². The highest BCUT2D eigenvalue weighted by Gasteiger charge is 2.24. The van der Waals surface area contributed by atoms with Crippen LogP contribution in [0, 0.1) is 0 Å². The van der Waals surface area contributed by atoms with Crippen LogP contribution in [0.3, 0.4) is 0 Å². The van der Waals surface area contributed by atoms with Crippen molar-refractivity contribution in [3.63, 3.8) is 0 Å². The molecule has 0 spiro atoms. The molecule has 4 rings (SSSR count). The first-order chi connectivity index (χ1) is 20.3. The normalized spacial score (nSPS) is 12.0. The molecule has 43 heavy (non-hydrogen) atoms. The van der Waals surface area contributed by atoms with Gasteiger partial charge < -0.3 is 14.2 Å². The number of para-hydroxylation sites is 2. The first kappa shape index (κ1) is 32.2. The van der Waals surface area contributed by atoms with Gasteiger partial charge in [-0.1, -0.05) is 61.0 Å². The Kier molecular flexibility index (Phi) is 9.95. The second-order valence-corrected chi connectivity index (χ2v) is 14.6. The molecule has 0 radical (unpaired) electrons. The van der Waals surface area contributed by atoms with Gasteiger partial charge in [-0.05, 0) is 59.5 Å². The van der Waals surface area contributed by atoms with E-state index in [9.17, 15) is 16.8 Å². The molecule has 1 heterocycles. The zero-order valence-electron chi connectivity index (χ0n) is 23.9. The van der Waals surface area contributed by atoms with E-state index >= 15 is 0 Å². The summed E-state index contributed by atoms with van der Waals surface area (Å²) >= 11 is 3.28. The van der Waals surface area contributed by atoms with Crippen molar-refractivity contribution < 1.29 is 31.0 Å². The van der Waals surface area contributed by atoms with Gasteiger partial charge >= 0.3 is 0 Å². The Morgan fingerprint density at radius 1 is 0.814 bits per heavy atom. The Morgan fingerprint density at radius 3 is 2.05 bits per heavy atom. The number of aromatic nitrogens is 2. The standard InChI is InChI=1S/C29H31BrN4O7S2/c1-29(2,3)20-9-13-23(14-10-20)43(37,38)34-27-26(41-25-8-6-5-7-24(25)39-4)28(32-19-31-27)40-18-17-33-42(35,36)22-15-11-21(30)12-16-22/h5-16,19,33H,17-18H2,1-4H3,(H,31,32,34). The fourth-order valence-electron chi connectivity index (χ4n) is 3.78. The number of hydrogen-bond donors (Lipinski definition) is 2. The third-order valence-corrected chi connectivity index (χ3v) is 9.43. The molecule has 0 aliphatic carbocycles. The fourth-order valence-corrected chi connectivity index (χ4v) is 6.07. The lowest BCUT2D eigenvalue weighted by Crippen LogP contribution is -2.28. The molecule has 0 aliphatic rings. The van der Waals surface area contributed by atoms with Crippen molar-refractivity contribution in [3.05, 3.63) is 89.2 Å². The minimum absolute atomic E-state index is 0.0205. The molecule has 1 aromatic heterocycles. The van der Waals surface area contributed by atoms with Gasteiger partial charge in [0.15, 0.2) is 17.3 Å². The summed E-state index contributed by atoms with van der Waals surface area (Å²) in [5.41, 5.74) is 0.816. The summed E-state index contributed by atoms with van der Waals surface area (Å²) in [4.78, 5) is 8.34. The lowest BCUT2D eigenvalue weighted by molar-refractivity contribution is 0.291. The van der Waals surface area contributed by atoms with Crippen molar-refractivity contribution in [1.82, 2.24) is 14.7 Å². The second-order valence-electron chi connectivity index (χ2n) is 10.2. The number of ether oxygens (including phenoxy) is 3. The van der Waals surface area contributed by atoms with Gasteiger partial charge in [0.25, 0.3) is 15.9 Å². The van der Waals surface area contributed by atoms with E-state index < -0.39 is 20.0 Å². The zero-order valence-corrected chi connectivity index (χ0v) is 27.1. The number of rotatable bonds is 12. The third kappa shape index (κ3) is 8.22. The van der Waals surface area contributed by atoms with E-state index in [0.717, 1.165) is 16.4 Å². The number of anilines is 1. The van der Waals surface area contributed by atoms with Gasteiger partial charge in [-0.2, -0.15) is 4.98 Å². The van der Waals surface area contributed by atoms with Gasteiger partial charge in [-0.25, -0.2) is 26.5 Å². The van der Waals surface area contributed by atoms with E-state index in [4.69, 9.17) is 14.2 Å². The largest absolute Gasteiger partial charge is 0.493 e. The van der Waals surface area contributed by atoms with Crippen LogP contribution in [-0.2, 0) is 25.5 Å². The fraction of sp³-hybridized carbons (Fsp3) is 0.241. The maximum absolute atomic E-state index is 13.4. The Balaban J connectivity index is 1.59. The van der Waals surface area contributed by atoms with Crippen molar-refractivity contribution >= 4 is 41.8 Å². The van der Waals surface area contributed by atoms with Crippen LogP contribution in [0.1, 0.15) is 26.3 Å². The van der Waals surface area contributed by atoms with Crippen molar-refractivity contribution in [3.8, 4) is 23.1 Å². The summed E-state index contributed by atoms with van der Waals surface area (Å²) in [5, 5.41) is 0. The highest BCUT2D eigenvalue weighted by atomic mass is 79.9. The van der Waals surface area contributed by atoms with Gasteiger partial charge in [0, 0.05) is 11.0 Å². The molecule has 0 atom stereocenters. The molecule has 0 fully saturated rings. The molecule has 14 heteroatoms. The maximum Gasteiger partial charge on any atom is 0.263 e. The molecular formula is C29H31BrN4O7S2. The average Bonchev–Trinajstić information content (AvgIpc) is 2.96. The highest BCUT2D eigenvalue weighted by molar-refractivity contribution is 9.10. The van der Waals surface area contributed by atoms with Crippen LogP contribution in [-0.4, -0.2) is 47.1 Å². The molecule has 0 saturated carbocycles. The van der Waals surface area contributed by atoms with Crippen molar-refractivity contribution in [2.75, 3.05) is 25.0 Å². The van der Waals surface area contributed by atoms with Crippen LogP contribution < -0.4 is 23.7 Å². The van der Waals surface area contributed by atoms with E-state index in [1.165, 1.54) is 31.4 Å². The van der Waals surface area contributed by atoms with Crippen molar-refractivity contribution in [1.29, 1.82) is 0 Å². The summed E-state index contributed by atoms with van der Waals surface area (Å²) in [5.74, 6) is 0.162. The molecule has 4 aromatic rings. The Morgan fingerprint density at radius 2 is 1.42 bits per heavy atom. The van der Waals surface area contributed by atoms with E-state index in [1.54, 1.807) is 48.5 Å². The number of nitrogens with one attached hydrogen (secondary N) is 2. The molecule has 0 amide bonds.